The van der Waals surface area contributed by atoms with Crippen LogP contribution in [0.25, 0.3) is 10.8 Å². The lowest BCUT2D eigenvalue weighted by atomic mass is 9.99. The van der Waals surface area contributed by atoms with Crippen LogP contribution in [0.5, 0.6) is 0 Å². The number of benzene rings is 3. The molecule has 0 aliphatic carbocycles. The topological polar surface area (TPSA) is 81.8 Å². The Morgan fingerprint density at radius 2 is 1.64 bits per heavy atom. The van der Waals surface area contributed by atoms with Crippen molar-refractivity contribution in [1.29, 1.82) is 0 Å². The smallest absolute Gasteiger partial charge is 0.251 e. The zero-order valence-electron chi connectivity index (χ0n) is 21.5. The summed E-state index contributed by atoms with van der Waals surface area (Å²) < 4.78 is 0. The maximum absolute atomic E-state index is 14.1. The first-order valence-corrected chi connectivity index (χ1v) is 12.4. The van der Waals surface area contributed by atoms with Crippen molar-refractivity contribution in [2.75, 3.05) is 23.4 Å². The molecule has 4 rings (SSSR count). The van der Waals surface area contributed by atoms with Gasteiger partial charge in [-0.3, -0.25) is 14.4 Å². The van der Waals surface area contributed by atoms with Gasteiger partial charge >= 0.3 is 0 Å². The Morgan fingerprint density at radius 3 is 2.33 bits per heavy atom. The Morgan fingerprint density at radius 1 is 0.972 bits per heavy atom. The first-order chi connectivity index (χ1) is 17.2. The third-order valence-electron chi connectivity index (χ3n) is 6.89. The molecule has 2 N–H and O–H groups in total. The summed E-state index contributed by atoms with van der Waals surface area (Å²) in [4.78, 5) is 43.6. The van der Waals surface area contributed by atoms with E-state index in [0.717, 1.165) is 21.9 Å². The quantitative estimate of drug-likeness (QED) is 0.556. The van der Waals surface area contributed by atoms with Crippen molar-refractivity contribution in [2.45, 2.75) is 46.3 Å². The van der Waals surface area contributed by atoms with Gasteiger partial charge in [0.15, 0.2) is 0 Å². The molecule has 188 valence electrons. The molecule has 0 unspecified atom stereocenters. The lowest BCUT2D eigenvalue weighted by Crippen LogP contribution is -2.56. The fourth-order valence-corrected chi connectivity index (χ4v) is 4.62. The molecule has 7 heteroatoms. The molecule has 0 aromatic heterocycles. The van der Waals surface area contributed by atoms with Gasteiger partial charge in [-0.1, -0.05) is 62.4 Å². The molecule has 3 aromatic carbocycles. The third-order valence-corrected chi connectivity index (χ3v) is 6.89. The predicted octanol–water partition coefficient (Wildman–Crippen LogP) is 3.78. The summed E-state index contributed by atoms with van der Waals surface area (Å²) in [6.45, 7) is 7.84. The van der Waals surface area contributed by atoms with Gasteiger partial charge in [0, 0.05) is 5.92 Å². The number of nitrogens with one attached hydrogen (secondary N) is 2. The summed E-state index contributed by atoms with van der Waals surface area (Å²) in [6, 6.07) is 18.4. The number of rotatable bonds is 6. The molecule has 0 radical (unpaired) electrons. The molecule has 1 aliphatic rings. The van der Waals surface area contributed by atoms with Gasteiger partial charge in [0.05, 0.1) is 30.5 Å². The summed E-state index contributed by atoms with van der Waals surface area (Å²) in [5.74, 6) is -0.905. The van der Waals surface area contributed by atoms with Gasteiger partial charge in [-0.2, -0.15) is 0 Å². The second-order valence-corrected chi connectivity index (χ2v) is 9.67. The van der Waals surface area contributed by atoms with E-state index in [1.807, 2.05) is 57.2 Å². The SMILES string of the molecule is CN[C@@H](C)C(=O)N[C@H]1CN(C(=O)C(C)C)c2ccccc2N(Cc2c(C)ccc3ccccc23)C1=O. The van der Waals surface area contributed by atoms with Crippen molar-refractivity contribution in [1.82, 2.24) is 10.6 Å². The Balaban J connectivity index is 1.85. The number of aryl methyl sites for hydroxylation is 1. The highest BCUT2D eigenvalue weighted by molar-refractivity contribution is 6.08. The number of anilines is 2. The minimum Gasteiger partial charge on any atom is -0.341 e. The predicted molar refractivity (Wildman–Crippen MR) is 144 cm³/mol. The number of hydrogen-bond acceptors (Lipinski definition) is 4. The van der Waals surface area contributed by atoms with Crippen LogP contribution in [0.15, 0.2) is 60.7 Å². The molecule has 1 heterocycles. The summed E-state index contributed by atoms with van der Waals surface area (Å²) >= 11 is 0. The molecule has 0 bridgehead atoms. The van der Waals surface area contributed by atoms with Crippen LogP contribution in [-0.2, 0) is 20.9 Å². The van der Waals surface area contributed by atoms with Crippen molar-refractivity contribution in [2.24, 2.45) is 5.92 Å². The average molecular weight is 487 g/mol. The van der Waals surface area contributed by atoms with Gasteiger partial charge in [0.1, 0.15) is 6.04 Å². The number of para-hydroxylation sites is 2. The van der Waals surface area contributed by atoms with Crippen LogP contribution in [0, 0.1) is 12.8 Å². The zero-order valence-corrected chi connectivity index (χ0v) is 21.5. The normalized spacial score (nSPS) is 16.6. The van der Waals surface area contributed by atoms with Crippen molar-refractivity contribution < 1.29 is 14.4 Å². The van der Waals surface area contributed by atoms with E-state index in [0.29, 0.717) is 17.9 Å². The summed E-state index contributed by atoms with van der Waals surface area (Å²) in [6.07, 6.45) is 0. The molecule has 36 heavy (non-hydrogen) atoms. The number of carbonyl (C=O) groups is 3. The average Bonchev–Trinajstić information content (AvgIpc) is 2.99. The van der Waals surface area contributed by atoms with Crippen LogP contribution in [0.4, 0.5) is 11.4 Å². The van der Waals surface area contributed by atoms with Gasteiger partial charge < -0.3 is 20.4 Å². The van der Waals surface area contributed by atoms with E-state index in [2.05, 4.69) is 34.9 Å². The van der Waals surface area contributed by atoms with E-state index in [-0.39, 0.29) is 30.2 Å². The zero-order chi connectivity index (χ0) is 26.0. The van der Waals surface area contributed by atoms with Gasteiger partial charge in [-0.05, 0) is 54.9 Å². The number of hydrogen-bond donors (Lipinski definition) is 2. The van der Waals surface area contributed by atoms with Crippen LogP contribution in [-0.4, -0.2) is 43.4 Å². The fraction of sp³-hybridized carbons (Fsp3) is 0.345. The molecule has 3 amide bonds. The highest BCUT2D eigenvalue weighted by atomic mass is 16.2. The first kappa shape index (κ1) is 25.4. The number of carbonyl (C=O) groups excluding carboxylic acids is 3. The molecular formula is C29H34N4O3. The van der Waals surface area contributed by atoms with Crippen LogP contribution < -0.4 is 20.4 Å². The van der Waals surface area contributed by atoms with Crippen molar-refractivity contribution in [3.05, 3.63) is 71.8 Å². The lowest BCUT2D eigenvalue weighted by Gasteiger charge is -2.27. The van der Waals surface area contributed by atoms with Gasteiger partial charge in [-0.25, -0.2) is 0 Å². The van der Waals surface area contributed by atoms with Crippen LogP contribution in [0.2, 0.25) is 0 Å². The maximum atomic E-state index is 14.1. The van der Waals surface area contributed by atoms with E-state index in [9.17, 15) is 14.4 Å². The Labute approximate surface area is 212 Å². The second-order valence-electron chi connectivity index (χ2n) is 9.67. The number of nitrogens with zero attached hydrogens (tertiary/aromatic N) is 2. The minimum atomic E-state index is -0.890. The van der Waals surface area contributed by atoms with Crippen LogP contribution in [0.1, 0.15) is 31.9 Å². The van der Waals surface area contributed by atoms with E-state index < -0.39 is 12.1 Å². The van der Waals surface area contributed by atoms with Crippen LogP contribution >= 0.6 is 0 Å². The van der Waals surface area contributed by atoms with Crippen LogP contribution in [0.3, 0.4) is 0 Å². The summed E-state index contributed by atoms with van der Waals surface area (Å²) in [7, 11) is 1.69. The lowest BCUT2D eigenvalue weighted by molar-refractivity contribution is -0.128. The van der Waals surface area contributed by atoms with E-state index in [1.54, 1.807) is 23.8 Å². The molecule has 7 nitrogen and oxygen atoms in total. The summed E-state index contributed by atoms with van der Waals surface area (Å²) in [5.41, 5.74) is 3.43. The molecule has 0 fully saturated rings. The van der Waals surface area contributed by atoms with Crippen molar-refractivity contribution in [3.63, 3.8) is 0 Å². The van der Waals surface area contributed by atoms with E-state index >= 15 is 0 Å². The second kappa shape index (κ2) is 10.5. The molecule has 0 saturated heterocycles. The third kappa shape index (κ3) is 4.84. The first-order valence-electron chi connectivity index (χ1n) is 12.4. The highest BCUT2D eigenvalue weighted by Gasteiger charge is 2.38. The monoisotopic (exact) mass is 486 g/mol. The Hall–Kier alpha value is -3.71. The van der Waals surface area contributed by atoms with E-state index in [4.69, 9.17) is 0 Å². The Kier molecular flexibility index (Phi) is 7.40. The Bertz CT molecular complexity index is 1300. The number of fused-ring (bicyclic) bond motifs is 2. The minimum absolute atomic E-state index is 0.0695. The van der Waals surface area contributed by atoms with Crippen molar-refractivity contribution >= 4 is 39.9 Å². The van der Waals surface area contributed by atoms with Crippen molar-refractivity contribution in [3.8, 4) is 0 Å². The molecule has 0 saturated carbocycles. The highest BCUT2D eigenvalue weighted by Crippen LogP contribution is 2.36. The van der Waals surface area contributed by atoms with Gasteiger partial charge in [0.2, 0.25) is 11.8 Å². The maximum Gasteiger partial charge on any atom is 0.251 e. The van der Waals surface area contributed by atoms with Gasteiger partial charge in [0.25, 0.3) is 5.91 Å². The van der Waals surface area contributed by atoms with E-state index in [1.165, 1.54) is 0 Å². The van der Waals surface area contributed by atoms with Gasteiger partial charge in [-0.15, -0.1) is 0 Å². The standard InChI is InChI=1S/C29H34N4O3/c1-18(2)28(35)33-17-24(31-27(34)20(4)30-5)29(36)32(25-12-8-9-13-26(25)33)16-23-19(3)14-15-21-10-6-7-11-22(21)23/h6-15,18,20,24,30H,16-17H2,1-5H3,(H,31,34)/t20-,24-/m0/s1. The fourth-order valence-electron chi connectivity index (χ4n) is 4.62. The molecule has 1 aliphatic heterocycles. The molecule has 3 aromatic rings. The number of likely N-dealkylation sites (N-methyl/N-ethyl adjacent to an activating group) is 1. The number of amides is 3. The molecule has 0 spiro atoms. The largest absolute Gasteiger partial charge is 0.341 e. The molecule has 2 atom stereocenters. The molecular weight excluding hydrogens is 452 g/mol. The summed E-state index contributed by atoms with van der Waals surface area (Å²) in [5, 5.41) is 7.99.